The Balaban J connectivity index is 1.45. The molecule has 1 aromatic heterocycles. The number of furan rings is 1. The number of fused-ring (bicyclic) bond motifs is 1. The number of piperazine rings is 1. The molecule has 0 saturated carbocycles. The number of hydrogen-bond donors (Lipinski definition) is 0. The van der Waals surface area contributed by atoms with E-state index in [2.05, 4.69) is 17.0 Å². The number of aryl methyl sites for hydroxylation is 1. The number of carbonyl (C=O) groups excluding carboxylic acids is 2. The van der Waals surface area contributed by atoms with Gasteiger partial charge in [0.2, 0.25) is 5.91 Å². The number of nitrogens with zero attached hydrogens (tertiary/aromatic N) is 3. The summed E-state index contributed by atoms with van der Waals surface area (Å²) in [5, 5.41) is 0. The van der Waals surface area contributed by atoms with Crippen LogP contribution in [0.5, 0.6) is 0 Å². The largest absolute Gasteiger partial charge is 0.459 e. The van der Waals surface area contributed by atoms with Crippen LogP contribution in [-0.2, 0) is 11.2 Å². The van der Waals surface area contributed by atoms with Gasteiger partial charge in [-0.15, -0.1) is 0 Å². The molecule has 0 radical (unpaired) electrons. The molecule has 2 aromatic rings. The Bertz CT molecular complexity index is 792. The van der Waals surface area contributed by atoms with Crippen molar-refractivity contribution >= 4 is 23.2 Å². The molecule has 2 aliphatic heterocycles. The van der Waals surface area contributed by atoms with E-state index in [0.29, 0.717) is 25.3 Å². The summed E-state index contributed by atoms with van der Waals surface area (Å²) < 4.78 is 5.20. The maximum absolute atomic E-state index is 12.3. The van der Waals surface area contributed by atoms with Gasteiger partial charge in [0.05, 0.1) is 6.26 Å². The fourth-order valence-electron chi connectivity index (χ4n) is 3.56. The highest BCUT2D eigenvalue weighted by atomic mass is 16.3. The summed E-state index contributed by atoms with van der Waals surface area (Å²) in [6, 6.07) is 9.72. The fraction of sp³-hybridized carbons (Fsp3) is 0.368. The third-order valence-electron chi connectivity index (χ3n) is 5.07. The molecule has 1 fully saturated rings. The second-order valence-corrected chi connectivity index (χ2v) is 6.52. The molecule has 4 rings (SSSR count). The lowest BCUT2D eigenvalue weighted by Gasteiger charge is -2.36. The Labute approximate surface area is 146 Å². The molecule has 25 heavy (non-hydrogen) atoms. The topological polar surface area (TPSA) is 57.0 Å². The van der Waals surface area contributed by atoms with Crippen LogP contribution >= 0.6 is 0 Å². The van der Waals surface area contributed by atoms with Gasteiger partial charge in [-0.3, -0.25) is 9.59 Å². The molecule has 1 saturated heterocycles. The van der Waals surface area contributed by atoms with Gasteiger partial charge in [0, 0.05) is 51.0 Å². The quantitative estimate of drug-likeness (QED) is 0.841. The monoisotopic (exact) mass is 339 g/mol. The summed E-state index contributed by atoms with van der Waals surface area (Å²) in [4.78, 5) is 30.0. The molecule has 2 amide bonds. The van der Waals surface area contributed by atoms with Crippen LogP contribution < -0.4 is 9.80 Å². The molecule has 0 spiro atoms. The molecule has 0 bridgehead atoms. The molecular weight excluding hydrogens is 318 g/mol. The average molecular weight is 339 g/mol. The molecule has 0 N–H and O–H groups in total. The SMILES string of the molecule is CN1C(=O)CCc2cc(N3CCN(C(=O)c4ccco4)CC3)ccc21. The summed E-state index contributed by atoms with van der Waals surface area (Å²) in [5.41, 5.74) is 3.38. The van der Waals surface area contributed by atoms with E-state index >= 15 is 0 Å². The highest BCUT2D eigenvalue weighted by Crippen LogP contribution is 2.31. The van der Waals surface area contributed by atoms with Crippen molar-refractivity contribution in [2.24, 2.45) is 0 Å². The molecule has 1 aromatic carbocycles. The van der Waals surface area contributed by atoms with Gasteiger partial charge in [0.25, 0.3) is 5.91 Å². The average Bonchev–Trinajstić information content (AvgIpc) is 3.19. The third-order valence-corrected chi connectivity index (χ3v) is 5.07. The molecular formula is C19H21N3O3. The van der Waals surface area contributed by atoms with E-state index in [1.165, 1.54) is 11.8 Å². The number of carbonyl (C=O) groups is 2. The van der Waals surface area contributed by atoms with Crippen molar-refractivity contribution in [3.8, 4) is 0 Å². The second-order valence-electron chi connectivity index (χ2n) is 6.52. The third kappa shape index (κ3) is 2.88. The van der Waals surface area contributed by atoms with Gasteiger partial charge in [-0.25, -0.2) is 0 Å². The van der Waals surface area contributed by atoms with E-state index in [1.807, 2.05) is 18.0 Å². The van der Waals surface area contributed by atoms with Crippen LogP contribution in [0.1, 0.15) is 22.5 Å². The maximum Gasteiger partial charge on any atom is 0.289 e. The van der Waals surface area contributed by atoms with Crippen LogP contribution in [0.25, 0.3) is 0 Å². The van der Waals surface area contributed by atoms with Gasteiger partial charge < -0.3 is 19.1 Å². The van der Waals surface area contributed by atoms with Crippen molar-refractivity contribution in [3.05, 3.63) is 47.9 Å². The predicted molar refractivity (Wildman–Crippen MR) is 95.0 cm³/mol. The van der Waals surface area contributed by atoms with Gasteiger partial charge in [0.15, 0.2) is 5.76 Å². The maximum atomic E-state index is 12.3. The van der Waals surface area contributed by atoms with Gasteiger partial charge in [-0.2, -0.15) is 0 Å². The summed E-state index contributed by atoms with van der Waals surface area (Å²) in [7, 11) is 1.83. The lowest BCUT2D eigenvalue weighted by Crippen LogP contribution is -2.48. The first-order chi connectivity index (χ1) is 12.1. The van der Waals surface area contributed by atoms with Gasteiger partial charge in [-0.1, -0.05) is 0 Å². The lowest BCUT2D eigenvalue weighted by atomic mass is 10.0. The number of amides is 2. The Morgan fingerprint density at radius 3 is 2.60 bits per heavy atom. The van der Waals surface area contributed by atoms with Gasteiger partial charge in [-0.05, 0) is 42.3 Å². The zero-order valence-corrected chi connectivity index (χ0v) is 14.3. The Kier molecular flexibility index (Phi) is 3.95. The molecule has 6 heteroatoms. The molecule has 0 unspecified atom stereocenters. The smallest absolute Gasteiger partial charge is 0.289 e. The second kappa shape index (κ2) is 6.27. The summed E-state index contributed by atoms with van der Waals surface area (Å²) in [6.07, 6.45) is 2.89. The number of anilines is 2. The van der Waals surface area contributed by atoms with Crippen molar-refractivity contribution in [2.75, 3.05) is 43.0 Å². The molecule has 2 aliphatic rings. The molecule has 0 atom stereocenters. The molecule has 6 nitrogen and oxygen atoms in total. The first-order valence-electron chi connectivity index (χ1n) is 8.61. The van der Waals surface area contributed by atoms with Crippen molar-refractivity contribution in [3.63, 3.8) is 0 Å². The zero-order valence-electron chi connectivity index (χ0n) is 14.3. The van der Waals surface area contributed by atoms with Crippen molar-refractivity contribution in [2.45, 2.75) is 12.8 Å². The van der Waals surface area contributed by atoms with Crippen LogP contribution in [-0.4, -0.2) is 49.9 Å². The Morgan fingerprint density at radius 2 is 1.88 bits per heavy atom. The standard InChI is InChI=1S/C19H21N3O3/c1-20-16-6-5-15(13-14(16)4-7-18(20)23)21-8-10-22(11-9-21)19(24)17-3-2-12-25-17/h2-3,5-6,12-13H,4,7-11H2,1H3. The molecule has 130 valence electrons. The van der Waals surface area contributed by atoms with Crippen LogP contribution in [0.4, 0.5) is 11.4 Å². The Morgan fingerprint density at radius 1 is 1.08 bits per heavy atom. The molecule has 3 heterocycles. The number of rotatable bonds is 2. The summed E-state index contributed by atoms with van der Waals surface area (Å²) in [5.74, 6) is 0.524. The van der Waals surface area contributed by atoms with Crippen LogP contribution in [0.2, 0.25) is 0 Å². The number of hydrogen-bond acceptors (Lipinski definition) is 4. The van der Waals surface area contributed by atoms with E-state index < -0.39 is 0 Å². The van der Waals surface area contributed by atoms with Crippen molar-refractivity contribution in [1.29, 1.82) is 0 Å². The van der Waals surface area contributed by atoms with E-state index in [-0.39, 0.29) is 11.8 Å². The van der Waals surface area contributed by atoms with Crippen LogP contribution in [0.15, 0.2) is 41.0 Å². The predicted octanol–water partition coefficient (Wildman–Crippen LogP) is 2.15. The minimum absolute atomic E-state index is 0.0461. The fourth-order valence-corrected chi connectivity index (χ4v) is 3.56. The normalized spacial score (nSPS) is 17.6. The van der Waals surface area contributed by atoms with E-state index in [4.69, 9.17) is 4.42 Å². The van der Waals surface area contributed by atoms with Gasteiger partial charge in [0.1, 0.15) is 0 Å². The zero-order chi connectivity index (χ0) is 17.4. The lowest BCUT2D eigenvalue weighted by molar-refractivity contribution is -0.118. The first kappa shape index (κ1) is 15.7. The van der Waals surface area contributed by atoms with E-state index in [9.17, 15) is 9.59 Å². The van der Waals surface area contributed by atoms with Crippen molar-refractivity contribution in [1.82, 2.24) is 4.90 Å². The highest BCUT2D eigenvalue weighted by molar-refractivity contribution is 5.96. The summed E-state index contributed by atoms with van der Waals surface area (Å²) in [6.45, 7) is 2.93. The van der Waals surface area contributed by atoms with Crippen molar-refractivity contribution < 1.29 is 14.0 Å². The first-order valence-corrected chi connectivity index (χ1v) is 8.61. The summed E-state index contributed by atoms with van der Waals surface area (Å²) >= 11 is 0. The Hall–Kier alpha value is -2.76. The minimum atomic E-state index is -0.0461. The molecule has 0 aliphatic carbocycles. The highest BCUT2D eigenvalue weighted by Gasteiger charge is 2.25. The van der Waals surface area contributed by atoms with E-state index in [1.54, 1.807) is 17.0 Å². The van der Waals surface area contributed by atoms with Crippen LogP contribution in [0.3, 0.4) is 0 Å². The number of benzene rings is 1. The minimum Gasteiger partial charge on any atom is -0.459 e. The van der Waals surface area contributed by atoms with Gasteiger partial charge >= 0.3 is 0 Å². The van der Waals surface area contributed by atoms with Crippen LogP contribution in [0, 0.1) is 0 Å². The van der Waals surface area contributed by atoms with E-state index in [0.717, 1.165) is 30.9 Å².